The molecule has 2 nitrogen and oxygen atoms in total. The number of rotatable bonds is 0. The Morgan fingerprint density at radius 2 is 2.40 bits per heavy atom. The number of nitrogens with one attached hydrogen (secondary N) is 2. The molecule has 0 aliphatic carbocycles. The molecule has 0 amide bonds. The van der Waals surface area contributed by atoms with Crippen molar-refractivity contribution in [2.75, 3.05) is 0 Å². The Labute approximate surface area is 60.3 Å². The van der Waals surface area contributed by atoms with Gasteiger partial charge in [-0.15, -0.1) is 0 Å². The van der Waals surface area contributed by atoms with E-state index in [1.165, 1.54) is 5.57 Å². The lowest BCUT2D eigenvalue weighted by Crippen LogP contribution is -2.30. The maximum Gasteiger partial charge on any atom is 0.0689 e. The summed E-state index contributed by atoms with van der Waals surface area (Å²) in [5.41, 5.74) is 1.41. The third-order valence-corrected chi connectivity index (χ3v) is 1.80. The first kappa shape index (κ1) is 5.59. The molecule has 10 heavy (non-hydrogen) atoms. The largest absolute Gasteiger partial charge is 0.381 e. The fourth-order valence-corrected chi connectivity index (χ4v) is 1.24. The minimum atomic E-state index is 0.436. The lowest BCUT2D eigenvalue weighted by molar-refractivity contribution is 0.723. The van der Waals surface area contributed by atoms with Crippen molar-refractivity contribution >= 4 is 0 Å². The molecule has 0 aromatic carbocycles. The summed E-state index contributed by atoms with van der Waals surface area (Å²) in [6.45, 7) is 0. The molecular formula is C8H10N2. The van der Waals surface area contributed by atoms with E-state index in [-0.39, 0.29) is 0 Å². The van der Waals surface area contributed by atoms with Crippen LogP contribution < -0.4 is 10.6 Å². The highest BCUT2D eigenvalue weighted by molar-refractivity contribution is 5.27. The molecule has 1 unspecified atom stereocenters. The lowest BCUT2D eigenvalue weighted by Gasteiger charge is -2.23. The molecule has 0 saturated heterocycles. The minimum Gasteiger partial charge on any atom is -0.381 e. The quantitative estimate of drug-likeness (QED) is 0.513. The van der Waals surface area contributed by atoms with Crippen molar-refractivity contribution in [2.24, 2.45) is 0 Å². The molecule has 0 fully saturated rings. The monoisotopic (exact) mass is 134 g/mol. The van der Waals surface area contributed by atoms with Crippen LogP contribution in [-0.2, 0) is 0 Å². The van der Waals surface area contributed by atoms with Gasteiger partial charge in [-0.3, -0.25) is 0 Å². The zero-order valence-corrected chi connectivity index (χ0v) is 5.67. The maximum absolute atomic E-state index is 3.25. The van der Waals surface area contributed by atoms with Crippen molar-refractivity contribution in [3.63, 3.8) is 0 Å². The Balaban J connectivity index is 2.23. The predicted octanol–water partition coefficient (Wildman–Crippen LogP) is 0.863. The highest BCUT2D eigenvalue weighted by Gasteiger charge is 2.12. The zero-order chi connectivity index (χ0) is 6.81. The number of dihydropyridines is 1. The third kappa shape index (κ3) is 0.817. The molecule has 0 spiro atoms. The SMILES string of the molecule is C1=CNC2C=CNC=C2C1. The summed E-state index contributed by atoms with van der Waals surface area (Å²) >= 11 is 0. The molecule has 0 bridgehead atoms. The van der Waals surface area contributed by atoms with Gasteiger partial charge in [0.25, 0.3) is 0 Å². The molecule has 0 aromatic heterocycles. The Morgan fingerprint density at radius 1 is 1.40 bits per heavy atom. The van der Waals surface area contributed by atoms with Crippen LogP contribution >= 0.6 is 0 Å². The average Bonchev–Trinajstić information content (AvgIpc) is 2.05. The van der Waals surface area contributed by atoms with E-state index in [1.54, 1.807) is 0 Å². The fraction of sp³-hybridized carbons (Fsp3) is 0.250. The van der Waals surface area contributed by atoms with E-state index in [9.17, 15) is 0 Å². The van der Waals surface area contributed by atoms with Gasteiger partial charge in [0.2, 0.25) is 0 Å². The zero-order valence-electron chi connectivity index (χ0n) is 5.67. The van der Waals surface area contributed by atoms with Crippen molar-refractivity contribution in [1.29, 1.82) is 0 Å². The van der Waals surface area contributed by atoms with Gasteiger partial charge >= 0.3 is 0 Å². The third-order valence-electron chi connectivity index (χ3n) is 1.80. The van der Waals surface area contributed by atoms with Crippen LogP contribution in [0, 0.1) is 0 Å². The van der Waals surface area contributed by atoms with E-state index in [4.69, 9.17) is 0 Å². The van der Waals surface area contributed by atoms with Crippen LogP contribution in [0.1, 0.15) is 6.42 Å². The lowest BCUT2D eigenvalue weighted by atomic mass is 10.0. The highest BCUT2D eigenvalue weighted by Crippen LogP contribution is 2.14. The second-order valence-electron chi connectivity index (χ2n) is 2.50. The molecule has 0 radical (unpaired) electrons. The van der Waals surface area contributed by atoms with Crippen molar-refractivity contribution in [1.82, 2.24) is 10.6 Å². The summed E-state index contributed by atoms with van der Waals surface area (Å²) in [7, 11) is 0. The van der Waals surface area contributed by atoms with Gasteiger partial charge in [-0.05, 0) is 30.5 Å². The van der Waals surface area contributed by atoms with Crippen LogP contribution in [-0.4, -0.2) is 6.04 Å². The van der Waals surface area contributed by atoms with Crippen molar-refractivity contribution < 1.29 is 0 Å². The van der Waals surface area contributed by atoms with Crippen LogP contribution in [0.3, 0.4) is 0 Å². The summed E-state index contributed by atoms with van der Waals surface area (Å²) in [6.07, 6.45) is 11.3. The van der Waals surface area contributed by atoms with Crippen molar-refractivity contribution in [2.45, 2.75) is 12.5 Å². The molecule has 2 aliphatic rings. The predicted molar refractivity (Wildman–Crippen MR) is 41.0 cm³/mol. The van der Waals surface area contributed by atoms with E-state index in [2.05, 4.69) is 29.0 Å². The topological polar surface area (TPSA) is 24.1 Å². The summed E-state index contributed by atoms with van der Waals surface area (Å²) < 4.78 is 0. The molecule has 2 aliphatic heterocycles. The van der Waals surface area contributed by atoms with Gasteiger partial charge in [0, 0.05) is 6.20 Å². The highest BCUT2D eigenvalue weighted by atomic mass is 14.9. The Hall–Kier alpha value is -1.18. The molecule has 2 heteroatoms. The molecule has 2 N–H and O–H groups in total. The molecule has 2 heterocycles. The molecular weight excluding hydrogens is 124 g/mol. The second-order valence-corrected chi connectivity index (χ2v) is 2.50. The van der Waals surface area contributed by atoms with Gasteiger partial charge in [-0.2, -0.15) is 0 Å². The molecule has 52 valence electrons. The number of hydrogen-bond acceptors (Lipinski definition) is 2. The fourth-order valence-electron chi connectivity index (χ4n) is 1.24. The molecule has 0 saturated carbocycles. The Kier molecular flexibility index (Phi) is 1.24. The average molecular weight is 134 g/mol. The smallest absolute Gasteiger partial charge is 0.0689 e. The molecule has 1 atom stereocenters. The standard InChI is InChI=1S/C8H10N2/c1-2-7-6-9-5-3-8(7)10-4-1/h1,3-6,8-10H,2H2. The van der Waals surface area contributed by atoms with E-state index in [1.807, 2.05) is 12.4 Å². The normalized spacial score (nSPS) is 28.0. The molecule has 2 rings (SSSR count). The van der Waals surface area contributed by atoms with Gasteiger partial charge in [-0.25, -0.2) is 0 Å². The van der Waals surface area contributed by atoms with Gasteiger partial charge in [0.1, 0.15) is 0 Å². The maximum atomic E-state index is 3.25. The summed E-state index contributed by atoms with van der Waals surface area (Å²) in [5, 5.41) is 6.31. The summed E-state index contributed by atoms with van der Waals surface area (Å²) in [4.78, 5) is 0. The first-order chi connectivity index (χ1) is 4.97. The Bertz CT molecular complexity index is 213. The van der Waals surface area contributed by atoms with E-state index in [0.29, 0.717) is 6.04 Å². The first-order valence-electron chi connectivity index (χ1n) is 3.49. The van der Waals surface area contributed by atoms with Gasteiger partial charge < -0.3 is 10.6 Å². The van der Waals surface area contributed by atoms with Crippen molar-refractivity contribution in [3.8, 4) is 0 Å². The number of allylic oxidation sites excluding steroid dienone is 1. The minimum absolute atomic E-state index is 0.436. The number of fused-ring (bicyclic) bond motifs is 1. The Morgan fingerprint density at radius 3 is 3.30 bits per heavy atom. The van der Waals surface area contributed by atoms with E-state index >= 15 is 0 Å². The second kappa shape index (κ2) is 2.21. The van der Waals surface area contributed by atoms with Crippen LogP contribution in [0.25, 0.3) is 0 Å². The van der Waals surface area contributed by atoms with Crippen molar-refractivity contribution in [3.05, 3.63) is 36.3 Å². The number of hydrogen-bond donors (Lipinski definition) is 2. The van der Waals surface area contributed by atoms with Gasteiger partial charge in [0.05, 0.1) is 6.04 Å². The van der Waals surface area contributed by atoms with E-state index < -0.39 is 0 Å². The molecule has 0 aromatic rings. The summed E-state index contributed by atoms with van der Waals surface area (Å²) in [5.74, 6) is 0. The summed E-state index contributed by atoms with van der Waals surface area (Å²) in [6, 6.07) is 0.436. The van der Waals surface area contributed by atoms with E-state index in [0.717, 1.165) is 6.42 Å². The first-order valence-corrected chi connectivity index (χ1v) is 3.49. The van der Waals surface area contributed by atoms with Crippen LogP contribution in [0.15, 0.2) is 36.3 Å². The van der Waals surface area contributed by atoms with Crippen LogP contribution in [0.4, 0.5) is 0 Å². The van der Waals surface area contributed by atoms with Crippen LogP contribution in [0.5, 0.6) is 0 Å². The van der Waals surface area contributed by atoms with Gasteiger partial charge in [-0.1, -0.05) is 6.08 Å². The van der Waals surface area contributed by atoms with Crippen LogP contribution in [0.2, 0.25) is 0 Å². The van der Waals surface area contributed by atoms with Gasteiger partial charge in [0.15, 0.2) is 0 Å².